The molecular formula is C21H18Cl2FN3O2S. The van der Waals surface area contributed by atoms with Crippen LogP contribution in [0.1, 0.15) is 25.6 Å². The number of aryl methyl sites for hydroxylation is 1. The van der Waals surface area contributed by atoms with Gasteiger partial charge in [0.1, 0.15) is 5.82 Å². The Morgan fingerprint density at radius 1 is 1.00 bits per heavy atom. The van der Waals surface area contributed by atoms with E-state index in [2.05, 4.69) is 10.6 Å². The predicted molar refractivity (Wildman–Crippen MR) is 122 cm³/mol. The Balaban J connectivity index is 1.80. The van der Waals surface area contributed by atoms with Gasteiger partial charge in [0.25, 0.3) is 11.8 Å². The summed E-state index contributed by atoms with van der Waals surface area (Å²) in [6, 6.07) is 10.5. The summed E-state index contributed by atoms with van der Waals surface area (Å²) in [5.41, 5.74) is 2.23. The van der Waals surface area contributed by atoms with E-state index in [1.54, 1.807) is 25.1 Å². The molecular weight excluding hydrogens is 448 g/mol. The van der Waals surface area contributed by atoms with Gasteiger partial charge in [-0.1, -0.05) is 23.2 Å². The minimum absolute atomic E-state index is 0.0101. The zero-order chi connectivity index (χ0) is 22.0. The molecule has 0 aliphatic heterocycles. The van der Waals surface area contributed by atoms with E-state index in [9.17, 15) is 14.0 Å². The molecule has 2 amide bonds. The first kappa shape index (κ1) is 22.1. The third kappa shape index (κ3) is 4.92. The zero-order valence-electron chi connectivity index (χ0n) is 16.3. The van der Waals surface area contributed by atoms with Gasteiger partial charge in [-0.2, -0.15) is 0 Å². The molecule has 5 nitrogen and oxygen atoms in total. The molecule has 0 atom stereocenters. The van der Waals surface area contributed by atoms with Crippen molar-refractivity contribution in [3.05, 3.63) is 74.3 Å². The number of anilines is 3. The Labute approximate surface area is 187 Å². The van der Waals surface area contributed by atoms with Gasteiger partial charge in [0.15, 0.2) is 0 Å². The van der Waals surface area contributed by atoms with Crippen LogP contribution in [-0.4, -0.2) is 25.9 Å². The minimum Gasteiger partial charge on any atom is -0.376 e. The summed E-state index contributed by atoms with van der Waals surface area (Å²) in [6.07, 6.45) is 0. The van der Waals surface area contributed by atoms with Gasteiger partial charge in [0.05, 0.1) is 31.8 Å². The van der Waals surface area contributed by atoms with Crippen molar-refractivity contribution in [1.29, 1.82) is 0 Å². The lowest BCUT2D eigenvalue weighted by Gasteiger charge is -2.18. The fraction of sp³-hybridized carbons (Fsp3) is 0.143. The zero-order valence-corrected chi connectivity index (χ0v) is 18.7. The van der Waals surface area contributed by atoms with Crippen LogP contribution in [0.25, 0.3) is 0 Å². The van der Waals surface area contributed by atoms with Gasteiger partial charge in [-0.05, 0) is 55.0 Å². The number of halogens is 3. The van der Waals surface area contributed by atoms with Crippen molar-refractivity contribution in [1.82, 2.24) is 0 Å². The number of carbonyl (C=O) groups is 2. The van der Waals surface area contributed by atoms with Crippen molar-refractivity contribution in [2.24, 2.45) is 0 Å². The summed E-state index contributed by atoms with van der Waals surface area (Å²) in [4.78, 5) is 27.6. The first-order valence-electron chi connectivity index (χ1n) is 8.80. The maximum absolute atomic E-state index is 13.2. The molecule has 1 heterocycles. The average Bonchev–Trinajstić information content (AvgIpc) is 3.01. The molecule has 0 radical (unpaired) electrons. The minimum atomic E-state index is -0.527. The standard InChI is InChI=1S/C21H18Cl2FN3O2S/c1-11-8-18(26-20(28)14-6-5-13(24)10-15(14)23)30-19(11)21(29)25-16-9-12(22)4-7-17(16)27(2)3/h4-10H,1-3H3,(H,25,29)(H,26,28). The average molecular weight is 466 g/mol. The molecule has 0 fully saturated rings. The van der Waals surface area contributed by atoms with E-state index >= 15 is 0 Å². The third-order valence-corrected chi connectivity index (χ3v) is 5.92. The van der Waals surface area contributed by atoms with Crippen LogP contribution >= 0.6 is 34.5 Å². The number of hydrogen-bond acceptors (Lipinski definition) is 4. The summed E-state index contributed by atoms with van der Waals surface area (Å²) in [7, 11) is 3.73. The second-order valence-corrected chi connectivity index (χ2v) is 8.61. The molecule has 30 heavy (non-hydrogen) atoms. The number of nitrogens with one attached hydrogen (secondary N) is 2. The number of nitrogens with zero attached hydrogens (tertiary/aromatic N) is 1. The maximum atomic E-state index is 13.2. The summed E-state index contributed by atoms with van der Waals surface area (Å²) < 4.78 is 13.2. The maximum Gasteiger partial charge on any atom is 0.266 e. The summed E-state index contributed by atoms with van der Waals surface area (Å²) in [6.45, 7) is 1.77. The van der Waals surface area contributed by atoms with Crippen LogP contribution in [0.4, 0.5) is 20.8 Å². The second kappa shape index (κ2) is 9.04. The number of hydrogen-bond donors (Lipinski definition) is 2. The topological polar surface area (TPSA) is 61.4 Å². The highest BCUT2D eigenvalue weighted by Gasteiger charge is 2.18. The van der Waals surface area contributed by atoms with Gasteiger partial charge in [-0.25, -0.2) is 4.39 Å². The number of carbonyl (C=O) groups excluding carboxylic acids is 2. The first-order valence-corrected chi connectivity index (χ1v) is 10.4. The molecule has 0 saturated carbocycles. The summed E-state index contributed by atoms with van der Waals surface area (Å²) in [5.74, 6) is -1.33. The van der Waals surface area contributed by atoms with Crippen LogP contribution in [0.2, 0.25) is 10.0 Å². The van der Waals surface area contributed by atoms with Crippen LogP contribution < -0.4 is 15.5 Å². The van der Waals surface area contributed by atoms with Gasteiger partial charge in [-0.15, -0.1) is 11.3 Å². The number of thiophene rings is 1. The van der Waals surface area contributed by atoms with Crippen LogP contribution in [0.3, 0.4) is 0 Å². The molecule has 3 aromatic rings. The van der Waals surface area contributed by atoms with E-state index in [0.29, 0.717) is 26.2 Å². The van der Waals surface area contributed by atoms with E-state index in [0.717, 1.165) is 29.2 Å². The van der Waals surface area contributed by atoms with Gasteiger partial charge in [0.2, 0.25) is 0 Å². The van der Waals surface area contributed by atoms with Crippen LogP contribution in [0.15, 0.2) is 42.5 Å². The molecule has 0 bridgehead atoms. The Kier molecular flexibility index (Phi) is 6.65. The molecule has 156 valence electrons. The molecule has 0 saturated heterocycles. The Bertz CT molecular complexity index is 1130. The molecule has 2 N–H and O–H groups in total. The Morgan fingerprint density at radius 2 is 1.73 bits per heavy atom. The lowest BCUT2D eigenvalue weighted by Crippen LogP contribution is -2.16. The highest BCUT2D eigenvalue weighted by Crippen LogP contribution is 2.32. The summed E-state index contributed by atoms with van der Waals surface area (Å²) >= 11 is 13.1. The van der Waals surface area contributed by atoms with Gasteiger partial charge in [0, 0.05) is 19.1 Å². The second-order valence-electron chi connectivity index (χ2n) is 6.71. The predicted octanol–water partition coefficient (Wildman–Crippen LogP) is 6.07. The molecule has 0 aliphatic rings. The molecule has 0 aliphatic carbocycles. The van der Waals surface area contributed by atoms with E-state index in [-0.39, 0.29) is 16.5 Å². The van der Waals surface area contributed by atoms with Crippen molar-refractivity contribution in [3.8, 4) is 0 Å². The highest BCUT2D eigenvalue weighted by atomic mass is 35.5. The third-order valence-electron chi connectivity index (χ3n) is 4.23. The Hall–Kier alpha value is -2.61. The fourth-order valence-electron chi connectivity index (χ4n) is 2.80. The first-order chi connectivity index (χ1) is 14.2. The normalized spacial score (nSPS) is 10.6. The summed E-state index contributed by atoms with van der Waals surface area (Å²) in [5, 5.41) is 6.56. The highest BCUT2D eigenvalue weighted by molar-refractivity contribution is 7.18. The molecule has 9 heteroatoms. The number of benzene rings is 2. The molecule has 0 spiro atoms. The largest absolute Gasteiger partial charge is 0.376 e. The van der Waals surface area contributed by atoms with E-state index in [1.165, 1.54) is 6.07 Å². The number of amides is 2. The number of rotatable bonds is 5. The van der Waals surface area contributed by atoms with Crippen molar-refractivity contribution in [3.63, 3.8) is 0 Å². The monoisotopic (exact) mass is 465 g/mol. The lowest BCUT2D eigenvalue weighted by molar-refractivity contribution is 0.102. The van der Waals surface area contributed by atoms with Crippen molar-refractivity contribution < 1.29 is 14.0 Å². The van der Waals surface area contributed by atoms with Crippen molar-refractivity contribution in [2.45, 2.75) is 6.92 Å². The fourth-order valence-corrected chi connectivity index (χ4v) is 4.19. The van der Waals surface area contributed by atoms with Gasteiger partial charge >= 0.3 is 0 Å². The van der Waals surface area contributed by atoms with E-state index in [1.807, 2.05) is 25.1 Å². The quantitative estimate of drug-likeness (QED) is 0.480. The smallest absolute Gasteiger partial charge is 0.266 e. The van der Waals surface area contributed by atoms with Gasteiger partial charge in [-0.3, -0.25) is 9.59 Å². The van der Waals surface area contributed by atoms with Crippen LogP contribution in [0.5, 0.6) is 0 Å². The molecule has 0 unspecified atom stereocenters. The Morgan fingerprint density at radius 3 is 2.40 bits per heavy atom. The lowest BCUT2D eigenvalue weighted by atomic mass is 10.2. The SMILES string of the molecule is Cc1cc(NC(=O)c2ccc(F)cc2Cl)sc1C(=O)Nc1cc(Cl)ccc1N(C)C. The van der Waals surface area contributed by atoms with Crippen LogP contribution in [0, 0.1) is 12.7 Å². The molecule has 2 aromatic carbocycles. The van der Waals surface area contributed by atoms with Crippen molar-refractivity contribution in [2.75, 3.05) is 29.6 Å². The molecule has 3 rings (SSSR count). The molecule has 1 aromatic heterocycles. The van der Waals surface area contributed by atoms with Crippen LogP contribution in [-0.2, 0) is 0 Å². The van der Waals surface area contributed by atoms with Crippen molar-refractivity contribution >= 4 is 62.7 Å². The van der Waals surface area contributed by atoms with E-state index in [4.69, 9.17) is 23.2 Å². The van der Waals surface area contributed by atoms with E-state index < -0.39 is 11.7 Å². The van der Waals surface area contributed by atoms with Gasteiger partial charge < -0.3 is 15.5 Å².